The van der Waals surface area contributed by atoms with Crippen molar-refractivity contribution in [1.82, 2.24) is 29.1 Å². The van der Waals surface area contributed by atoms with Gasteiger partial charge in [0.1, 0.15) is 12.6 Å². The van der Waals surface area contributed by atoms with E-state index in [1.165, 1.54) is 36.4 Å². The Morgan fingerprint density at radius 2 is 1.79 bits per heavy atom. The fraction of sp³-hybridized carbons (Fsp3) is 0.320. The molecule has 0 aliphatic carbocycles. The van der Waals surface area contributed by atoms with E-state index in [-0.39, 0.29) is 33.9 Å². The maximum Gasteiger partial charge on any atom is 0.416 e. The number of nitrogens with zero attached hydrogens (tertiary/aromatic N) is 7. The maximum absolute atomic E-state index is 14.4. The minimum absolute atomic E-state index is 0.148. The summed E-state index contributed by atoms with van der Waals surface area (Å²) in [6.07, 6.45) is -8.79. The molecule has 1 unspecified atom stereocenters. The number of aliphatic hydroxyl groups is 1. The molecule has 2 aromatic carbocycles. The van der Waals surface area contributed by atoms with Crippen molar-refractivity contribution in [2.45, 2.75) is 43.8 Å². The number of alkyl halides is 5. The number of aromatic nitrogens is 6. The predicted molar refractivity (Wildman–Crippen MR) is 144 cm³/mol. The van der Waals surface area contributed by atoms with Gasteiger partial charge in [0.05, 0.1) is 23.8 Å². The van der Waals surface area contributed by atoms with Gasteiger partial charge in [-0.2, -0.15) is 22.8 Å². The molecule has 228 valence electrons. The van der Waals surface area contributed by atoms with E-state index in [1.54, 1.807) is 12.1 Å². The van der Waals surface area contributed by atoms with Crippen molar-refractivity contribution in [3.8, 4) is 17.1 Å². The van der Waals surface area contributed by atoms with Crippen molar-refractivity contribution in [2.24, 2.45) is 5.73 Å². The lowest BCUT2D eigenvalue weighted by atomic mass is 10.2. The van der Waals surface area contributed by atoms with E-state index in [0.29, 0.717) is 9.59 Å². The van der Waals surface area contributed by atoms with Crippen LogP contribution in [0.2, 0.25) is 10.0 Å². The van der Waals surface area contributed by atoms with Crippen molar-refractivity contribution in [3.05, 3.63) is 74.9 Å². The highest BCUT2D eigenvalue weighted by atomic mass is 35.5. The first kappa shape index (κ1) is 30.4. The van der Waals surface area contributed by atoms with Gasteiger partial charge in [-0.25, -0.2) is 18.3 Å². The minimum Gasteiger partial charge on any atom is -0.382 e. The first-order chi connectivity index (χ1) is 20.1. The Morgan fingerprint density at radius 1 is 1.12 bits per heavy atom. The Kier molecular flexibility index (Phi) is 7.96. The molecule has 2 aromatic heterocycles. The quantitative estimate of drug-likeness (QED) is 0.280. The third kappa shape index (κ3) is 6.21. The van der Waals surface area contributed by atoms with Crippen LogP contribution in [-0.2, 0) is 17.9 Å². The second kappa shape index (κ2) is 11.2. The molecule has 0 spiro atoms. The fourth-order valence-electron chi connectivity index (χ4n) is 4.60. The predicted octanol–water partition coefficient (Wildman–Crippen LogP) is 3.27. The van der Waals surface area contributed by atoms with Gasteiger partial charge >= 0.3 is 11.9 Å². The highest BCUT2D eigenvalue weighted by Gasteiger charge is 2.49. The first-order valence-electron chi connectivity index (χ1n) is 12.5. The number of anilines is 1. The van der Waals surface area contributed by atoms with Crippen LogP contribution in [0.1, 0.15) is 12.2 Å². The number of benzene rings is 2. The lowest BCUT2D eigenvalue weighted by Crippen LogP contribution is -2.41. The molecular formula is C25H21Cl2F5N8O3. The highest BCUT2D eigenvalue weighted by Crippen LogP contribution is 2.36. The zero-order valence-electron chi connectivity index (χ0n) is 21.7. The average molecular weight is 647 g/mol. The molecule has 1 amide bonds. The minimum atomic E-state index is -5.03. The summed E-state index contributed by atoms with van der Waals surface area (Å²) in [5.74, 6) is -4.96. The van der Waals surface area contributed by atoms with Crippen molar-refractivity contribution in [3.63, 3.8) is 0 Å². The van der Waals surface area contributed by atoms with Crippen LogP contribution in [0, 0.1) is 0 Å². The van der Waals surface area contributed by atoms with Crippen LogP contribution < -0.4 is 16.3 Å². The van der Waals surface area contributed by atoms with Crippen LogP contribution in [0.25, 0.3) is 17.1 Å². The zero-order chi connectivity index (χ0) is 31.3. The summed E-state index contributed by atoms with van der Waals surface area (Å²) in [7, 11) is 0. The maximum atomic E-state index is 14.4. The molecule has 11 nitrogen and oxygen atoms in total. The topological polar surface area (TPSA) is 137 Å². The lowest BCUT2D eigenvalue weighted by Gasteiger charge is -2.22. The fourth-order valence-corrected chi connectivity index (χ4v) is 4.94. The number of carbonyl (C=O) groups excluding carboxylic acids is 1. The molecule has 0 saturated carbocycles. The number of nitrogens with two attached hydrogens (primary N) is 1. The Hall–Kier alpha value is -4.02. The summed E-state index contributed by atoms with van der Waals surface area (Å²) in [5.41, 5.74) is 4.77. The van der Waals surface area contributed by atoms with Gasteiger partial charge in [-0.15, -0.1) is 10.2 Å². The van der Waals surface area contributed by atoms with Crippen molar-refractivity contribution in [1.29, 1.82) is 0 Å². The van der Waals surface area contributed by atoms with Gasteiger partial charge in [0.15, 0.2) is 17.8 Å². The third-order valence-electron chi connectivity index (χ3n) is 6.62. The molecule has 1 aliphatic rings. The molecule has 5 rings (SSSR count). The average Bonchev–Trinajstić information content (AvgIpc) is 3.58. The molecule has 3 N–H and O–H groups in total. The Balaban J connectivity index is 1.61. The van der Waals surface area contributed by atoms with Crippen molar-refractivity contribution >= 4 is 35.1 Å². The number of amides is 1. The van der Waals surface area contributed by atoms with Crippen LogP contribution in [-0.4, -0.2) is 70.9 Å². The normalized spacial score (nSPS) is 17.4. The number of para-hydroxylation sites is 1. The summed E-state index contributed by atoms with van der Waals surface area (Å²) >= 11 is 12.2. The van der Waals surface area contributed by atoms with Crippen LogP contribution >= 0.6 is 23.2 Å². The van der Waals surface area contributed by atoms with Crippen LogP contribution in [0.3, 0.4) is 0 Å². The molecule has 1 fully saturated rings. The van der Waals surface area contributed by atoms with Gasteiger partial charge in [-0.1, -0.05) is 35.3 Å². The number of carbonyl (C=O) groups is 1. The van der Waals surface area contributed by atoms with E-state index in [4.69, 9.17) is 28.9 Å². The van der Waals surface area contributed by atoms with Crippen LogP contribution in [0.5, 0.6) is 0 Å². The number of hydrogen-bond donors (Lipinski definition) is 2. The molecular weight excluding hydrogens is 626 g/mol. The lowest BCUT2D eigenvalue weighted by molar-refractivity contribution is -0.207. The Labute approximate surface area is 248 Å². The molecule has 18 heteroatoms. The van der Waals surface area contributed by atoms with Crippen LogP contribution in [0.15, 0.2) is 53.3 Å². The summed E-state index contributed by atoms with van der Waals surface area (Å²) in [5, 5.41) is 18.6. The third-order valence-corrected chi connectivity index (χ3v) is 7.19. The molecule has 43 heavy (non-hydrogen) atoms. The summed E-state index contributed by atoms with van der Waals surface area (Å²) in [4.78, 5) is 30.6. The molecule has 0 bridgehead atoms. The van der Waals surface area contributed by atoms with Crippen molar-refractivity contribution in [2.75, 3.05) is 11.4 Å². The summed E-state index contributed by atoms with van der Waals surface area (Å²) < 4.78 is 71.0. The van der Waals surface area contributed by atoms with Gasteiger partial charge in [0, 0.05) is 17.0 Å². The second-order valence-corrected chi connectivity index (χ2v) is 10.6. The van der Waals surface area contributed by atoms with Gasteiger partial charge in [0.2, 0.25) is 11.9 Å². The van der Waals surface area contributed by atoms with E-state index >= 15 is 0 Å². The molecule has 0 radical (unpaired) electrons. The number of primary amides is 1. The molecule has 3 heterocycles. The molecule has 2 atom stereocenters. The second-order valence-electron chi connectivity index (χ2n) is 9.74. The standard InChI is InChI=1S/C25H21Cl2F5N8O3/c26-14-7-5-13(6-8-14)21-36-39(23(43)37(21)10-18(41)25(30,31)32)11-19-34-22(38-12-24(28,29)9-17(38)20(33)42)40(35-19)16-4-2-1-3-15(16)27/h1-8,17-18,41H,9-12H2,(H2,33,42)/t17-,18?/m0/s1. The summed E-state index contributed by atoms with van der Waals surface area (Å²) in [6.45, 7) is -2.63. The molecule has 1 aliphatic heterocycles. The Morgan fingerprint density at radius 3 is 2.42 bits per heavy atom. The number of halogens is 7. The zero-order valence-corrected chi connectivity index (χ0v) is 23.2. The summed E-state index contributed by atoms with van der Waals surface area (Å²) in [6, 6.07) is 10.5. The van der Waals surface area contributed by atoms with E-state index in [9.17, 15) is 36.6 Å². The van der Waals surface area contributed by atoms with Crippen molar-refractivity contribution < 1.29 is 31.9 Å². The van der Waals surface area contributed by atoms with Gasteiger partial charge < -0.3 is 15.7 Å². The molecule has 1 saturated heterocycles. The van der Waals surface area contributed by atoms with E-state index in [0.717, 1.165) is 14.3 Å². The van der Waals surface area contributed by atoms with Gasteiger partial charge in [0.25, 0.3) is 5.92 Å². The SMILES string of the molecule is NC(=O)[C@@H]1CC(F)(F)CN1c1nc(Cn2nc(-c3ccc(Cl)cc3)n(CC(O)C(F)(F)F)c2=O)nn1-c1ccccc1Cl. The van der Waals surface area contributed by atoms with E-state index in [1.807, 2.05) is 0 Å². The number of rotatable bonds is 8. The smallest absolute Gasteiger partial charge is 0.382 e. The van der Waals surface area contributed by atoms with Gasteiger partial charge in [-0.05, 0) is 36.4 Å². The first-order valence-corrected chi connectivity index (χ1v) is 13.2. The number of aliphatic hydroxyl groups excluding tert-OH is 1. The van der Waals surface area contributed by atoms with E-state index in [2.05, 4.69) is 15.2 Å². The van der Waals surface area contributed by atoms with Gasteiger partial charge in [-0.3, -0.25) is 9.36 Å². The largest absolute Gasteiger partial charge is 0.416 e. The monoisotopic (exact) mass is 646 g/mol. The van der Waals surface area contributed by atoms with Crippen LogP contribution in [0.4, 0.5) is 27.9 Å². The highest BCUT2D eigenvalue weighted by molar-refractivity contribution is 6.32. The Bertz CT molecular complexity index is 1720. The van der Waals surface area contributed by atoms with E-state index < -0.39 is 61.9 Å². The molecule has 4 aromatic rings. The number of hydrogen-bond acceptors (Lipinski definition) is 7.